The van der Waals surface area contributed by atoms with Crippen molar-refractivity contribution in [1.82, 2.24) is 15.2 Å². The van der Waals surface area contributed by atoms with Gasteiger partial charge in [-0.3, -0.25) is 15.2 Å². The van der Waals surface area contributed by atoms with E-state index in [1.54, 1.807) is 7.11 Å². The quantitative estimate of drug-likeness (QED) is 0.567. The van der Waals surface area contributed by atoms with Crippen LogP contribution in [-0.4, -0.2) is 28.2 Å². The molecule has 1 amide bonds. The van der Waals surface area contributed by atoms with Crippen molar-refractivity contribution in [2.24, 2.45) is 0 Å². The zero-order valence-corrected chi connectivity index (χ0v) is 15.1. The summed E-state index contributed by atoms with van der Waals surface area (Å²) >= 11 is 1.45. The third-order valence-corrected chi connectivity index (χ3v) is 4.96. The molecule has 130 valence electrons. The molecular formula is C19H16N4O2S. The fraction of sp³-hybridized carbons (Fsp3) is 0.105. The number of nitrogens with one attached hydrogen (secondary N) is 2. The predicted octanol–water partition coefficient (Wildman–Crippen LogP) is 4.26. The molecule has 4 aromatic rings. The summed E-state index contributed by atoms with van der Waals surface area (Å²) in [7, 11) is 1.61. The first-order valence-electron chi connectivity index (χ1n) is 8.00. The van der Waals surface area contributed by atoms with Crippen LogP contribution in [0.2, 0.25) is 0 Å². The lowest BCUT2D eigenvalue weighted by atomic mass is 10.1. The first kappa shape index (κ1) is 16.3. The van der Waals surface area contributed by atoms with Gasteiger partial charge < -0.3 is 4.74 Å². The molecular weight excluding hydrogens is 348 g/mol. The van der Waals surface area contributed by atoms with Crippen LogP contribution in [0.25, 0.3) is 21.5 Å². The molecule has 2 heterocycles. The molecule has 0 unspecified atom stereocenters. The van der Waals surface area contributed by atoms with Crippen molar-refractivity contribution in [3.05, 3.63) is 59.8 Å². The van der Waals surface area contributed by atoms with E-state index in [0.717, 1.165) is 27.1 Å². The smallest absolute Gasteiger partial charge is 0.261 e. The number of H-pyrrole nitrogens is 1. The number of benzene rings is 2. The van der Waals surface area contributed by atoms with Crippen molar-refractivity contribution in [3.63, 3.8) is 0 Å². The number of hydrogen-bond acceptors (Lipinski definition) is 5. The second kappa shape index (κ2) is 6.61. The standard InChI is InChI=1S/C19H16N4O2S/c1-11-3-8-15-16(9-11)26-19(21-15)22-18(24)14-10-20-23-17(14)12-4-6-13(25-2)7-5-12/h3-10H,1-2H3,(H,20,23)(H,21,22,24). The van der Waals surface area contributed by atoms with E-state index in [2.05, 4.69) is 26.6 Å². The average Bonchev–Trinajstić information content (AvgIpc) is 3.28. The van der Waals surface area contributed by atoms with Gasteiger partial charge in [0.25, 0.3) is 5.91 Å². The normalized spacial score (nSPS) is 10.8. The lowest BCUT2D eigenvalue weighted by Gasteiger charge is -2.05. The largest absolute Gasteiger partial charge is 0.497 e. The Balaban J connectivity index is 1.61. The summed E-state index contributed by atoms with van der Waals surface area (Å²) in [6.07, 6.45) is 1.52. The first-order valence-corrected chi connectivity index (χ1v) is 8.82. The van der Waals surface area contributed by atoms with Crippen molar-refractivity contribution in [2.75, 3.05) is 12.4 Å². The number of rotatable bonds is 4. The molecule has 2 aromatic carbocycles. The minimum absolute atomic E-state index is 0.250. The van der Waals surface area contributed by atoms with Crippen LogP contribution >= 0.6 is 11.3 Å². The lowest BCUT2D eigenvalue weighted by molar-refractivity contribution is 0.102. The van der Waals surface area contributed by atoms with Gasteiger partial charge in [-0.05, 0) is 48.9 Å². The van der Waals surface area contributed by atoms with Crippen LogP contribution in [0.3, 0.4) is 0 Å². The van der Waals surface area contributed by atoms with Crippen LogP contribution in [-0.2, 0) is 0 Å². The molecule has 0 fully saturated rings. The number of aromatic amines is 1. The molecule has 0 atom stereocenters. The molecule has 6 nitrogen and oxygen atoms in total. The Labute approximate surface area is 153 Å². The number of aromatic nitrogens is 3. The highest BCUT2D eigenvalue weighted by atomic mass is 32.1. The number of fused-ring (bicyclic) bond motifs is 1. The Morgan fingerprint density at radius 1 is 1.19 bits per heavy atom. The molecule has 4 rings (SSSR count). The van der Waals surface area contributed by atoms with Crippen LogP contribution < -0.4 is 10.1 Å². The maximum atomic E-state index is 12.7. The fourth-order valence-electron chi connectivity index (χ4n) is 2.69. The number of anilines is 1. The van der Waals surface area contributed by atoms with Gasteiger partial charge in [-0.25, -0.2) is 4.98 Å². The number of methoxy groups -OCH3 is 1. The first-order chi connectivity index (χ1) is 12.6. The Kier molecular flexibility index (Phi) is 4.14. The SMILES string of the molecule is COc1ccc(-c2[nH]ncc2C(=O)Nc2nc3ccc(C)cc3s2)cc1. The van der Waals surface area contributed by atoms with Gasteiger partial charge >= 0.3 is 0 Å². The molecule has 0 aliphatic rings. The Morgan fingerprint density at radius 3 is 2.77 bits per heavy atom. The van der Waals surface area contributed by atoms with Crippen LogP contribution in [0.1, 0.15) is 15.9 Å². The number of hydrogen-bond donors (Lipinski definition) is 2. The Morgan fingerprint density at radius 2 is 2.00 bits per heavy atom. The summed E-state index contributed by atoms with van der Waals surface area (Å²) in [5.41, 5.74) is 4.01. The molecule has 0 bridgehead atoms. The average molecular weight is 364 g/mol. The van der Waals surface area contributed by atoms with Crippen molar-refractivity contribution >= 4 is 32.6 Å². The molecule has 0 spiro atoms. The van der Waals surface area contributed by atoms with Crippen molar-refractivity contribution in [1.29, 1.82) is 0 Å². The minimum atomic E-state index is -0.250. The summed E-state index contributed by atoms with van der Waals surface area (Å²) in [6.45, 7) is 2.03. The molecule has 0 aliphatic carbocycles. The van der Waals surface area contributed by atoms with Gasteiger partial charge in [0.15, 0.2) is 5.13 Å². The fourth-order valence-corrected chi connectivity index (χ4v) is 3.64. The summed E-state index contributed by atoms with van der Waals surface area (Å²) < 4.78 is 6.21. The van der Waals surface area contributed by atoms with Gasteiger partial charge in [0.05, 0.1) is 34.8 Å². The summed E-state index contributed by atoms with van der Waals surface area (Å²) in [4.78, 5) is 17.2. The number of amides is 1. The van der Waals surface area contributed by atoms with Crippen LogP contribution in [0.5, 0.6) is 5.75 Å². The van der Waals surface area contributed by atoms with Crippen LogP contribution in [0, 0.1) is 6.92 Å². The van der Waals surface area contributed by atoms with E-state index >= 15 is 0 Å². The van der Waals surface area contributed by atoms with E-state index < -0.39 is 0 Å². The minimum Gasteiger partial charge on any atom is -0.497 e. The van der Waals surface area contributed by atoms with Gasteiger partial charge in [-0.1, -0.05) is 17.4 Å². The summed E-state index contributed by atoms with van der Waals surface area (Å²) in [6, 6.07) is 13.5. The molecule has 0 saturated heterocycles. The van der Waals surface area contributed by atoms with E-state index in [4.69, 9.17) is 4.74 Å². The maximum Gasteiger partial charge on any atom is 0.261 e. The highest BCUT2D eigenvalue weighted by molar-refractivity contribution is 7.22. The van der Waals surface area contributed by atoms with Gasteiger partial charge in [0.2, 0.25) is 0 Å². The predicted molar refractivity (Wildman–Crippen MR) is 103 cm³/mol. The van der Waals surface area contributed by atoms with Crippen molar-refractivity contribution in [3.8, 4) is 17.0 Å². The second-order valence-electron chi connectivity index (χ2n) is 5.83. The number of carbonyl (C=O) groups is 1. The summed E-state index contributed by atoms with van der Waals surface area (Å²) in [5, 5.41) is 10.4. The molecule has 7 heteroatoms. The molecule has 0 radical (unpaired) electrons. The van der Waals surface area contributed by atoms with E-state index in [0.29, 0.717) is 16.4 Å². The third kappa shape index (κ3) is 3.04. The molecule has 0 saturated carbocycles. The lowest BCUT2D eigenvalue weighted by Crippen LogP contribution is -2.12. The van der Waals surface area contributed by atoms with Gasteiger partial charge in [0, 0.05) is 5.56 Å². The van der Waals surface area contributed by atoms with E-state index in [1.165, 1.54) is 17.5 Å². The number of thiazole rings is 1. The third-order valence-electron chi connectivity index (χ3n) is 4.03. The highest BCUT2D eigenvalue weighted by Crippen LogP contribution is 2.28. The van der Waals surface area contributed by atoms with Crippen molar-refractivity contribution < 1.29 is 9.53 Å². The summed E-state index contributed by atoms with van der Waals surface area (Å²) in [5.74, 6) is 0.504. The monoisotopic (exact) mass is 364 g/mol. The zero-order valence-electron chi connectivity index (χ0n) is 14.2. The van der Waals surface area contributed by atoms with Gasteiger partial charge in [-0.15, -0.1) is 0 Å². The number of carbonyl (C=O) groups excluding carboxylic acids is 1. The topological polar surface area (TPSA) is 79.9 Å². The highest BCUT2D eigenvalue weighted by Gasteiger charge is 2.17. The van der Waals surface area contributed by atoms with E-state index in [-0.39, 0.29) is 5.91 Å². The number of ether oxygens (including phenoxy) is 1. The van der Waals surface area contributed by atoms with Crippen LogP contribution in [0.4, 0.5) is 5.13 Å². The van der Waals surface area contributed by atoms with Gasteiger partial charge in [-0.2, -0.15) is 5.10 Å². The number of nitrogens with zero attached hydrogens (tertiary/aromatic N) is 2. The maximum absolute atomic E-state index is 12.7. The zero-order chi connectivity index (χ0) is 18.1. The molecule has 2 aromatic heterocycles. The van der Waals surface area contributed by atoms with Gasteiger partial charge in [0.1, 0.15) is 5.75 Å². The molecule has 0 aliphatic heterocycles. The Bertz CT molecular complexity index is 1080. The van der Waals surface area contributed by atoms with Crippen LogP contribution in [0.15, 0.2) is 48.7 Å². The van der Waals surface area contributed by atoms with E-state index in [1.807, 2.05) is 43.3 Å². The Hall–Kier alpha value is -3.19. The second-order valence-corrected chi connectivity index (χ2v) is 6.86. The molecule has 26 heavy (non-hydrogen) atoms. The van der Waals surface area contributed by atoms with Crippen molar-refractivity contribution in [2.45, 2.75) is 6.92 Å². The van der Waals surface area contributed by atoms with E-state index in [9.17, 15) is 4.79 Å². The number of aryl methyl sites for hydroxylation is 1. The molecule has 2 N–H and O–H groups in total.